The predicted molar refractivity (Wildman–Crippen MR) is 126 cm³/mol. The van der Waals surface area contributed by atoms with Gasteiger partial charge in [-0.05, 0) is 6.04 Å². The summed E-state index contributed by atoms with van der Waals surface area (Å²) in [6.45, 7) is 6.84. The molecule has 0 unspecified atom stereocenters. The average molecular weight is 403 g/mol. The maximum absolute atomic E-state index is 6.36. The first-order chi connectivity index (χ1) is 12.6. The summed E-state index contributed by atoms with van der Waals surface area (Å²) in [7, 11) is -1.30. The van der Waals surface area contributed by atoms with Crippen LogP contribution in [0.3, 0.4) is 0 Å². The van der Waals surface area contributed by atoms with Crippen molar-refractivity contribution in [3.05, 3.63) is 0 Å². The molecule has 0 rings (SSSR count). The van der Waals surface area contributed by atoms with Gasteiger partial charge in [0, 0.05) is 0 Å². The lowest BCUT2D eigenvalue weighted by Gasteiger charge is -2.11. The fourth-order valence-electron chi connectivity index (χ4n) is 3.80. The first-order valence-corrected chi connectivity index (χ1v) is 16.5. The van der Waals surface area contributed by atoms with Crippen LogP contribution in [-0.4, -0.2) is 7.38 Å². The van der Waals surface area contributed by atoms with Crippen molar-refractivity contribution in [3.8, 4) is 0 Å². The second-order valence-electron chi connectivity index (χ2n) is 9.19. The Morgan fingerprint density at radius 3 is 0.885 bits per heavy atom. The summed E-state index contributed by atoms with van der Waals surface area (Å²) in [4.78, 5) is 0. The van der Waals surface area contributed by atoms with Gasteiger partial charge in [-0.3, -0.25) is 0 Å². The van der Waals surface area contributed by atoms with Gasteiger partial charge in [-0.2, -0.15) is 11.1 Å². The van der Waals surface area contributed by atoms with E-state index in [0.29, 0.717) is 0 Å². The Bertz CT molecular complexity index is 259. The third kappa shape index (κ3) is 24.5. The first kappa shape index (κ1) is 26.5. The lowest BCUT2D eigenvalue weighted by Crippen LogP contribution is -2.14. The van der Waals surface area contributed by atoms with Crippen LogP contribution in [-0.2, 0) is 0 Å². The van der Waals surface area contributed by atoms with Crippen molar-refractivity contribution in [3.63, 3.8) is 0 Å². The molecule has 0 bridgehead atoms. The predicted octanol–water partition coefficient (Wildman–Crippen LogP) is 10.3. The fraction of sp³-hybridized carbons (Fsp3) is 1.00. The van der Waals surface area contributed by atoms with Crippen LogP contribution in [0.5, 0.6) is 0 Å². The second kappa shape index (κ2) is 20.2. The van der Waals surface area contributed by atoms with E-state index in [1.807, 2.05) is 0 Å². The molecule has 0 saturated carbocycles. The minimum Gasteiger partial charge on any atom is -0.168 e. The van der Waals surface area contributed by atoms with Gasteiger partial charge in [0.2, 0.25) is 0 Å². The summed E-state index contributed by atoms with van der Waals surface area (Å²) in [5.41, 5.74) is 0. The Kier molecular flexibility index (Phi) is 20.6. The molecule has 2 heteroatoms. The molecule has 0 saturated heterocycles. The Hall–Kier alpha value is 0.507. The van der Waals surface area contributed by atoms with E-state index in [1.165, 1.54) is 134 Å². The molecule has 0 atom stereocenters. The molecule has 26 heavy (non-hydrogen) atoms. The van der Waals surface area contributed by atoms with Gasteiger partial charge in [-0.15, -0.1) is 0 Å². The summed E-state index contributed by atoms with van der Waals surface area (Å²) in [5, 5.41) is 0. The van der Waals surface area contributed by atoms with Crippen LogP contribution in [0.2, 0.25) is 19.1 Å². The molecule has 0 N–H and O–H groups in total. The Labute approximate surface area is 173 Å². The molecule has 0 aromatic carbocycles. The van der Waals surface area contributed by atoms with Crippen LogP contribution < -0.4 is 0 Å². The third-order valence-corrected chi connectivity index (χ3v) is 7.73. The van der Waals surface area contributed by atoms with E-state index in [4.69, 9.17) is 11.1 Å². The Morgan fingerprint density at radius 2 is 0.654 bits per heavy atom. The zero-order valence-electron chi connectivity index (χ0n) is 18.7. The van der Waals surface area contributed by atoms with Gasteiger partial charge in [0.05, 0.1) is 0 Å². The molecule has 0 aliphatic rings. The first-order valence-electron chi connectivity index (χ1n) is 12.2. The molecule has 0 heterocycles. The zero-order valence-corrected chi connectivity index (χ0v) is 20.5. The number of halogens is 1. The van der Waals surface area contributed by atoms with E-state index < -0.39 is 7.38 Å². The molecule has 0 fully saturated rings. The van der Waals surface area contributed by atoms with Crippen LogP contribution >= 0.6 is 11.1 Å². The lowest BCUT2D eigenvalue weighted by atomic mass is 10.0. The highest BCUT2D eigenvalue weighted by Gasteiger charge is 2.15. The van der Waals surface area contributed by atoms with Crippen molar-refractivity contribution in [2.75, 3.05) is 0 Å². The number of unbranched alkanes of at least 4 members (excludes halogenated alkanes) is 19. The van der Waals surface area contributed by atoms with Crippen LogP contribution in [0.1, 0.15) is 135 Å². The van der Waals surface area contributed by atoms with Crippen molar-refractivity contribution in [2.24, 2.45) is 0 Å². The molecule has 0 amide bonds. The molecule has 0 aliphatic carbocycles. The van der Waals surface area contributed by atoms with E-state index in [-0.39, 0.29) is 0 Å². The van der Waals surface area contributed by atoms with Crippen molar-refractivity contribution in [1.82, 2.24) is 0 Å². The molecule has 0 aromatic rings. The second-order valence-corrected chi connectivity index (χ2v) is 16.2. The number of rotatable bonds is 21. The average Bonchev–Trinajstić information content (AvgIpc) is 2.59. The van der Waals surface area contributed by atoms with Gasteiger partial charge < -0.3 is 0 Å². The molecule has 158 valence electrons. The molecule has 0 radical (unpaired) electrons. The monoisotopic (exact) mass is 402 g/mol. The van der Waals surface area contributed by atoms with Gasteiger partial charge >= 0.3 is 0 Å². The highest BCUT2D eigenvalue weighted by atomic mass is 35.6. The van der Waals surface area contributed by atoms with Crippen molar-refractivity contribution >= 4 is 18.5 Å². The van der Waals surface area contributed by atoms with Crippen molar-refractivity contribution in [1.29, 1.82) is 0 Å². The van der Waals surface area contributed by atoms with E-state index in [0.717, 1.165) is 0 Å². The molecular formula is C24H51ClSi. The lowest BCUT2D eigenvalue weighted by molar-refractivity contribution is 0.523. The summed E-state index contributed by atoms with van der Waals surface area (Å²) >= 11 is 6.36. The van der Waals surface area contributed by atoms with E-state index in [2.05, 4.69) is 20.0 Å². The maximum atomic E-state index is 6.36. The Balaban J connectivity index is 3.01. The SMILES string of the molecule is CCCCCCCCCCCCCCCCCCCCCC[Si](C)(C)Cl. The fourth-order valence-corrected chi connectivity index (χ4v) is 5.29. The van der Waals surface area contributed by atoms with Crippen LogP contribution in [0.15, 0.2) is 0 Å². The molecule has 0 nitrogen and oxygen atoms in total. The topological polar surface area (TPSA) is 0 Å². The minimum absolute atomic E-state index is 1.30. The number of hydrogen-bond acceptors (Lipinski definition) is 0. The highest BCUT2D eigenvalue weighted by Crippen LogP contribution is 2.19. The van der Waals surface area contributed by atoms with E-state index in [9.17, 15) is 0 Å². The zero-order chi connectivity index (χ0) is 19.3. The van der Waals surface area contributed by atoms with Crippen LogP contribution in [0, 0.1) is 0 Å². The molecular weight excluding hydrogens is 352 g/mol. The summed E-state index contributed by atoms with van der Waals surface area (Å²) < 4.78 is 0. The number of hydrogen-bond donors (Lipinski definition) is 0. The highest BCUT2D eigenvalue weighted by molar-refractivity contribution is 7.19. The molecule has 0 aliphatic heterocycles. The standard InChI is InChI=1S/C24H51ClSi/c1-4-5-6-7-8-9-10-11-12-13-14-15-16-17-18-19-20-21-22-23-24-26(2,3)25/h4-24H2,1-3H3. The summed E-state index contributed by atoms with van der Waals surface area (Å²) in [6, 6.07) is 1.30. The van der Waals surface area contributed by atoms with Gasteiger partial charge in [-0.1, -0.05) is 148 Å². The summed E-state index contributed by atoms with van der Waals surface area (Å²) in [5.74, 6) is 0. The van der Waals surface area contributed by atoms with E-state index >= 15 is 0 Å². The van der Waals surface area contributed by atoms with Gasteiger partial charge in [0.1, 0.15) is 7.38 Å². The minimum atomic E-state index is -1.30. The van der Waals surface area contributed by atoms with Gasteiger partial charge in [-0.25, -0.2) is 0 Å². The Morgan fingerprint density at radius 1 is 0.423 bits per heavy atom. The quantitative estimate of drug-likeness (QED) is 0.102. The third-order valence-electron chi connectivity index (χ3n) is 5.62. The molecule has 0 aromatic heterocycles. The van der Waals surface area contributed by atoms with Gasteiger partial charge in [0.25, 0.3) is 0 Å². The van der Waals surface area contributed by atoms with Crippen LogP contribution in [0.25, 0.3) is 0 Å². The summed E-state index contributed by atoms with van der Waals surface area (Å²) in [6.07, 6.45) is 29.1. The van der Waals surface area contributed by atoms with Gasteiger partial charge in [0.15, 0.2) is 0 Å². The van der Waals surface area contributed by atoms with Crippen molar-refractivity contribution < 1.29 is 0 Å². The maximum Gasteiger partial charge on any atom is 0.150 e. The smallest absolute Gasteiger partial charge is 0.150 e. The van der Waals surface area contributed by atoms with E-state index in [1.54, 1.807) is 0 Å². The normalized spacial score (nSPS) is 12.0. The molecule has 0 spiro atoms. The van der Waals surface area contributed by atoms with Crippen molar-refractivity contribution in [2.45, 2.75) is 154 Å². The largest absolute Gasteiger partial charge is 0.168 e. The van der Waals surface area contributed by atoms with Crippen LogP contribution in [0.4, 0.5) is 0 Å².